The number of hydrogen-bond donors (Lipinski definition) is 1. The lowest BCUT2D eigenvalue weighted by Gasteiger charge is -2.26. The second-order valence-corrected chi connectivity index (χ2v) is 8.64. The summed E-state index contributed by atoms with van der Waals surface area (Å²) in [6.45, 7) is 7.82. The van der Waals surface area contributed by atoms with Crippen molar-refractivity contribution in [3.8, 4) is 17.2 Å². The summed E-state index contributed by atoms with van der Waals surface area (Å²) in [6.07, 6.45) is 3.10. The number of Topliss-reactive ketones (excluding diaryl/α,β-unsaturated/α-hetero) is 1. The first-order valence-corrected chi connectivity index (χ1v) is 12.9. The highest BCUT2D eigenvalue weighted by molar-refractivity contribution is 6.46. The Balaban J connectivity index is 2.06. The van der Waals surface area contributed by atoms with Gasteiger partial charge in [-0.15, -0.1) is 0 Å². The van der Waals surface area contributed by atoms with Gasteiger partial charge in [-0.2, -0.15) is 0 Å². The third kappa shape index (κ3) is 6.63. The zero-order chi connectivity index (χ0) is 26.8. The van der Waals surface area contributed by atoms with E-state index in [0.717, 1.165) is 19.3 Å². The second kappa shape index (κ2) is 13.7. The first kappa shape index (κ1) is 28.1. The molecule has 0 aliphatic carbocycles. The zero-order valence-corrected chi connectivity index (χ0v) is 22.1. The van der Waals surface area contributed by atoms with Crippen molar-refractivity contribution < 1.29 is 33.6 Å². The Morgan fingerprint density at radius 3 is 2.27 bits per heavy atom. The van der Waals surface area contributed by atoms with Crippen LogP contribution in [0, 0.1) is 0 Å². The maximum atomic E-state index is 13.2. The fraction of sp³-hybridized carbons (Fsp3) is 0.448. The van der Waals surface area contributed by atoms with E-state index in [-0.39, 0.29) is 24.5 Å². The number of rotatable bonds is 14. The molecule has 1 saturated heterocycles. The Bertz CT molecular complexity index is 1090. The monoisotopic (exact) mass is 511 g/mol. The molecule has 0 aromatic heterocycles. The molecule has 1 atom stereocenters. The number of unbranched alkanes of at least 4 members (excludes halogenated alkanes) is 2. The van der Waals surface area contributed by atoms with Crippen molar-refractivity contribution in [1.82, 2.24) is 4.90 Å². The van der Waals surface area contributed by atoms with E-state index in [1.165, 1.54) is 12.0 Å². The van der Waals surface area contributed by atoms with Gasteiger partial charge in [-0.05, 0) is 62.2 Å². The predicted octanol–water partition coefficient (Wildman–Crippen LogP) is 5.12. The highest BCUT2D eigenvalue weighted by atomic mass is 16.5. The molecule has 8 nitrogen and oxygen atoms in total. The molecule has 0 spiro atoms. The van der Waals surface area contributed by atoms with Crippen molar-refractivity contribution in [3.63, 3.8) is 0 Å². The number of nitrogens with zero attached hydrogens (tertiary/aromatic N) is 1. The molecule has 0 bridgehead atoms. The van der Waals surface area contributed by atoms with Crippen LogP contribution in [0.2, 0.25) is 0 Å². The number of likely N-dealkylation sites (tertiary alicyclic amines) is 1. The summed E-state index contributed by atoms with van der Waals surface area (Å²) >= 11 is 0. The molecule has 1 aliphatic rings. The number of hydrogen-bond acceptors (Lipinski definition) is 7. The Morgan fingerprint density at radius 2 is 1.62 bits per heavy atom. The molecule has 1 N–H and O–H groups in total. The lowest BCUT2D eigenvalue weighted by molar-refractivity contribution is -0.140. The van der Waals surface area contributed by atoms with Crippen molar-refractivity contribution in [3.05, 3.63) is 59.2 Å². The average molecular weight is 512 g/mol. The lowest BCUT2D eigenvalue weighted by atomic mass is 9.95. The molecule has 3 rings (SSSR count). The number of ketones is 1. The second-order valence-electron chi connectivity index (χ2n) is 8.64. The largest absolute Gasteiger partial charge is 0.507 e. The number of benzene rings is 2. The Morgan fingerprint density at radius 1 is 0.892 bits per heavy atom. The van der Waals surface area contributed by atoms with Gasteiger partial charge in [0.05, 0.1) is 38.0 Å². The minimum atomic E-state index is -0.810. The van der Waals surface area contributed by atoms with Crippen molar-refractivity contribution in [2.75, 3.05) is 40.1 Å². The summed E-state index contributed by atoms with van der Waals surface area (Å²) in [5, 5.41) is 11.3. The molecule has 2 aromatic carbocycles. The van der Waals surface area contributed by atoms with Gasteiger partial charge >= 0.3 is 0 Å². The number of ether oxygens (including phenoxy) is 4. The van der Waals surface area contributed by atoms with Crippen molar-refractivity contribution in [2.45, 2.75) is 46.1 Å². The molecule has 1 aliphatic heterocycles. The van der Waals surface area contributed by atoms with Crippen LogP contribution in [-0.2, 0) is 14.3 Å². The third-order valence-electron chi connectivity index (χ3n) is 6.10. The third-order valence-corrected chi connectivity index (χ3v) is 6.10. The van der Waals surface area contributed by atoms with Crippen molar-refractivity contribution in [2.24, 2.45) is 0 Å². The van der Waals surface area contributed by atoms with Gasteiger partial charge in [-0.25, -0.2) is 0 Å². The van der Waals surface area contributed by atoms with E-state index < -0.39 is 17.7 Å². The Labute approximate surface area is 218 Å². The lowest BCUT2D eigenvalue weighted by Crippen LogP contribution is -2.32. The molecule has 37 heavy (non-hydrogen) atoms. The highest BCUT2D eigenvalue weighted by Crippen LogP contribution is 2.42. The minimum Gasteiger partial charge on any atom is -0.507 e. The van der Waals surface area contributed by atoms with Crippen LogP contribution in [-0.4, -0.2) is 61.8 Å². The molecular formula is C29H37NO7. The van der Waals surface area contributed by atoms with Crippen molar-refractivity contribution >= 4 is 17.4 Å². The SMILES string of the molecule is CCCCCOc1ccc(C2C(=C(O)c3ccc(OCC)cc3)C(=O)C(=O)N2CCOC)cc1OCC. The highest BCUT2D eigenvalue weighted by Gasteiger charge is 2.46. The van der Waals surface area contributed by atoms with Crippen LogP contribution in [0.15, 0.2) is 48.0 Å². The fourth-order valence-corrected chi connectivity index (χ4v) is 4.29. The summed E-state index contributed by atoms with van der Waals surface area (Å²) in [5.74, 6) is 0.0888. The van der Waals surface area contributed by atoms with Gasteiger partial charge in [0.2, 0.25) is 0 Å². The first-order chi connectivity index (χ1) is 18.0. The van der Waals surface area contributed by atoms with Gasteiger partial charge in [-0.3, -0.25) is 9.59 Å². The van der Waals surface area contributed by atoms with Crippen LogP contribution in [0.4, 0.5) is 0 Å². The van der Waals surface area contributed by atoms with Gasteiger partial charge in [-0.1, -0.05) is 25.8 Å². The molecular weight excluding hydrogens is 474 g/mol. The van der Waals surface area contributed by atoms with Crippen LogP contribution in [0.1, 0.15) is 57.2 Å². The normalized spacial score (nSPS) is 16.8. The number of aliphatic hydroxyl groups is 1. The Hall–Kier alpha value is -3.52. The van der Waals surface area contributed by atoms with E-state index in [9.17, 15) is 14.7 Å². The summed E-state index contributed by atoms with van der Waals surface area (Å²) in [4.78, 5) is 27.7. The zero-order valence-electron chi connectivity index (χ0n) is 22.1. The van der Waals surface area contributed by atoms with Crippen LogP contribution in [0.25, 0.3) is 5.76 Å². The van der Waals surface area contributed by atoms with E-state index in [1.807, 2.05) is 13.8 Å². The van der Waals surface area contributed by atoms with E-state index >= 15 is 0 Å². The van der Waals surface area contributed by atoms with Gasteiger partial charge in [0.1, 0.15) is 11.5 Å². The average Bonchev–Trinajstić information content (AvgIpc) is 3.16. The molecule has 1 amide bonds. The molecule has 1 unspecified atom stereocenters. The molecule has 1 heterocycles. The molecule has 8 heteroatoms. The molecule has 0 radical (unpaired) electrons. The maximum Gasteiger partial charge on any atom is 0.295 e. The number of amides is 1. The molecule has 2 aromatic rings. The predicted molar refractivity (Wildman–Crippen MR) is 141 cm³/mol. The van der Waals surface area contributed by atoms with E-state index in [1.54, 1.807) is 42.5 Å². The summed E-state index contributed by atoms with van der Waals surface area (Å²) in [7, 11) is 1.53. The van der Waals surface area contributed by atoms with Crippen LogP contribution in [0.3, 0.4) is 0 Å². The molecule has 0 saturated carbocycles. The van der Waals surface area contributed by atoms with E-state index in [4.69, 9.17) is 18.9 Å². The van der Waals surface area contributed by atoms with Gasteiger partial charge < -0.3 is 29.0 Å². The Kier molecular flexibility index (Phi) is 10.4. The standard InChI is InChI=1S/C29H37NO7/c1-5-8-9-17-37-23-15-12-21(19-24(23)36-7-3)26-25(28(32)29(33)30(26)16-18-34-4)27(31)20-10-13-22(14-11-20)35-6-2/h10-15,19,26,31H,5-9,16-18H2,1-4H3. The van der Waals surface area contributed by atoms with Gasteiger partial charge in [0.25, 0.3) is 11.7 Å². The van der Waals surface area contributed by atoms with Crippen LogP contribution >= 0.6 is 0 Å². The number of carbonyl (C=O) groups is 2. The van der Waals surface area contributed by atoms with E-state index in [0.29, 0.717) is 48.2 Å². The van der Waals surface area contributed by atoms with Crippen molar-refractivity contribution in [1.29, 1.82) is 0 Å². The van der Waals surface area contributed by atoms with E-state index in [2.05, 4.69) is 6.92 Å². The van der Waals surface area contributed by atoms with Crippen LogP contribution in [0.5, 0.6) is 17.2 Å². The smallest absolute Gasteiger partial charge is 0.295 e. The summed E-state index contributed by atoms with van der Waals surface area (Å²) in [5.41, 5.74) is 1.07. The fourth-order valence-electron chi connectivity index (χ4n) is 4.29. The number of carbonyl (C=O) groups excluding carboxylic acids is 2. The summed E-state index contributed by atoms with van der Waals surface area (Å²) in [6, 6.07) is 11.3. The number of aliphatic hydroxyl groups excluding tert-OH is 1. The molecule has 200 valence electrons. The quantitative estimate of drug-likeness (QED) is 0.163. The van der Waals surface area contributed by atoms with Gasteiger partial charge in [0, 0.05) is 19.2 Å². The number of methoxy groups -OCH3 is 1. The maximum absolute atomic E-state index is 13.2. The first-order valence-electron chi connectivity index (χ1n) is 12.9. The summed E-state index contributed by atoms with van der Waals surface area (Å²) < 4.78 is 22.5. The molecule has 1 fully saturated rings. The van der Waals surface area contributed by atoms with Gasteiger partial charge in [0.15, 0.2) is 11.5 Å². The minimum absolute atomic E-state index is 0.0179. The van der Waals surface area contributed by atoms with Crippen LogP contribution < -0.4 is 14.2 Å². The topological polar surface area (TPSA) is 94.5 Å².